The van der Waals surface area contributed by atoms with Gasteiger partial charge in [0.1, 0.15) is 10.5 Å². The molecular formula is C13H19NO3S. The maximum atomic E-state index is 12.7. The summed E-state index contributed by atoms with van der Waals surface area (Å²) in [6.45, 7) is 4.30. The van der Waals surface area contributed by atoms with Gasteiger partial charge in [-0.15, -0.1) is 0 Å². The molecule has 0 radical (unpaired) electrons. The minimum atomic E-state index is -3.41. The van der Waals surface area contributed by atoms with Crippen molar-refractivity contribution in [1.29, 1.82) is 0 Å². The van der Waals surface area contributed by atoms with E-state index in [1.165, 1.54) is 4.31 Å². The van der Waals surface area contributed by atoms with E-state index in [2.05, 4.69) is 0 Å². The molecule has 4 nitrogen and oxygen atoms in total. The first-order chi connectivity index (χ1) is 8.38. The van der Waals surface area contributed by atoms with Crippen LogP contribution in [0, 0.1) is 5.92 Å². The van der Waals surface area contributed by atoms with E-state index in [1.54, 1.807) is 19.1 Å². The van der Waals surface area contributed by atoms with E-state index in [9.17, 15) is 13.2 Å². The number of ketones is 1. The van der Waals surface area contributed by atoms with Crippen molar-refractivity contribution in [2.45, 2.75) is 31.4 Å². The summed E-state index contributed by atoms with van der Waals surface area (Å²) in [6.07, 6.45) is 8.00. The Morgan fingerprint density at radius 3 is 2.44 bits per heavy atom. The lowest BCUT2D eigenvalue weighted by molar-refractivity contribution is -0.120. The van der Waals surface area contributed by atoms with Crippen molar-refractivity contribution < 1.29 is 13.2 Å². The van der Waals surface area contributed by atoms with Crippen LogP contribution < -0.4 is 0 Å². The van der Waals surface area contributed by atoms with Crippen molar-refractivity contribution in [1.82, 2.24) is 4.31 Å². The Bertz CT molecular complexity index is 496. The van der Waals surface area contributed by atoms with E-state index in [0.717, 1.165) is 0 Å². The summed E-state index contributed by atoms with van der Waals surface area (Å²) < 4.78 is 26.0. The highest BCUT2D eigenvalue weighted by atomic mass is 32.2. The number of hydrogen-bond donors (Lipinski definition) is 0. The largest absolute Gasteiger partial charge is 0.300 e. The average Bonchev–Trinajstić information content (AvgIpc) is 2.33. The van der Waals surface area contributed by atoms with Crippen molar-refractivity contribution >= 4 is 15.8 Å². The van der Waals surface area contributed by atoms with E-state index in [0.29, 0.717) is 25.9 Å². The van der Waals surface area contributed by atoms with Crippen LogP contribution in [-0.2, 0) is 14.8 Å². The predicted molar refractivity (Wildman–Crippen MR) is 70.6 cm³/mol. The van der Waals surface area contributed by atoms with Crippen molar-refractivity contribution in [3.05, 3.63) is 24.3 Å². The zero-order chi connectivity index (χ0) is 13.4. The minimum Gasteiger partial charge on any atom is -0.300 e. The van der Waals surface area contributed by atoms with Crippen LogP contribution in [0.5, 0.6) is 0 Å². The van der Waals surface area contributed by atoms with Gasteiger partial charge >= 0.3 is 0 Å². The van der Waals surface area contributed by atoms with Crippen LogP contribution in [0.15, 0.2) is 24.3 Å². The first-order valence-electron chi connectivity index (χ1n) is 6.25. The summed E-state index contributed by atoms with van der Waals surface area (Å²) in [5.41, 5.74) is 0. The molecule has 0 aromatic carbocycles. The third-order valence-electron chi connectivity index (χ3n) is 4.02. The van der Waals surface area contributed by atoms with Crippen LogP contribution in [0.25, 0.3) is 0 Å². The van der Waals surface area contributed by atoms with Crippen LogP contribution in [0.3, 0.4) is 0 Å². The van der Waals surface area contributed by atoms with Gasteiger partial charge in [0.2, 0.25) is 10.0 Å². The van der Waals surface area contributed by atoms with E-state index in [1.807, 2.05) is 19.1 Å². The number of rotatable bonds is 2. The normalized spacial score (nSPS) is 33.9. The molecule has 0 aromatic rings. The highest BCUT2D eigenvalue weighted by Crippen LogP contribution is 2.35. The number of Topliss-reactive ketones (excluding diaryl/α,β-unsaturated/α-hetero) is 1. The maximum absolute atomic E-state index is 12.7. The van der Waals surface area contributed by atoms with Gasteiger partial charge in [-0.25, -0.2) is 12.7 Å². The number of carbonyl (C=O) groups excluding carboxylic acids is 1. The van der Waals surface area contributed by atoms with Gasteiger partial charge in [0.25, 0.3) is 0 Å². The van der Waals surface area contributed by atoms with Gasteiger partial charge in [-0.2, -0.15) is 0 Å². The SMILES string of the molecule is CC1C=CC=CC1(C)S(=O)(=O)N1CCC(=O)CC1. The summed E-state index contributed by atoms with van der Waals surface area (Å²) >= 11 is 0. The Labute approximate surface area is 108 Å². The highest BCUT2D eigenvalue weighted by molar-refractivity contribution is 7.90. The van der Waals surface area contributed by atoms with Crippen LogP contribution in [0.2, 0.25) is 0 Å². The number of piperidine rings is 1. The number of sulfonamides is 1. The second kappa shape index (κ2) is 4.63. The Morgan fingerprint density at radius 1 is 1.28 bits per heavy atom. The molecule has 0 amide bonds. The third kappa shape index (κ3) is 2.06. The lowest BCUT2D eigenvalue weighted by Gasteiger charge is -2.38. The van der Waals surface area contributed by atoms with E-state index in [4.69, 9.17) is 0 Å². The molecule has 100 valence electrons. The molecule has 0 bridgehead atoms. The summed E-state index contributed by atoms with van der Waals surface area (Å²) in [5, 5.41) is 0. The molecule has 18 heavy (non-hydrogen) atoms. The molecule has 0 N–H and O–H groups in total. The zero-order valence-corrected chi connectivity index (χ0v) is 11.6. The second-order valence-corrected chi connectivity index (χ2v) is 7.51. The molecule has 1 aliphatic heterocycles. The van der Waals surface area contributed by atoms with Crippen LogP contribution >= 0.6 is 0 Å². The number of carbonyl (C=O) groups is 1. The average molecular weight is 269 g/mol. The minimum absolute atomic E-state index is 0.0647. The monoisotopic (exact) mass is 269 g/mol. The molecule has 2 aliphatic rings. The molecule has 1 heterocycles. The van der Waals surface area contributed by atoms with Gasteiger partial charge in [0, 0.05) is 25.9 Å². The van der Waals surface area contributed by atoms with Gasteiger partial charge in [-0.1, -0.05) is 31.2 Å². The van der Waals surface area contributed by atoms with E-state index >= 15 is 0 Å². The predicted octanol–water partition coefficient (Wildman–Crippen LogP) is 1.50. The third-order valence-corrected chi connectivity index (χ3v) is 6.68. The summed E-state index contributed by atoms with van der Waals surface area (Å²) in [4.78, 5) is 11.2. The van der Waals surface area contributed by atoms with Crippen molar-refractivity contribution in [3.8, 4) is 0 Å². The standard InChI is InChI=1S/C13H19NO3S/c1-11-5-3-4-8-13(11,2)18(16,17)14-9-6-12(15)7-10-14/h3-5,8,11H,6-7,9-10H2,1-2H3. The molecule has 1 fully saturated rings. The lowest BCUT2D eigenvalue weighted by Crippen LogP contribution is -2.51. The molecule has 2 rings (SSSR count). The number of nitrogens with zero attached hydrogens (tertiary/aromatic N) is 1. The van der Waals surface area contributed by atoms with Gasteiger partial charge in [-0.3, -0.25) is 4.79 Å². The highest BCUT2D eigenvalue weighted by Gasteiger charge is 2.45. The molecule has 1 saturated heterocycles. The molecule has 0 saturated carbocycles. The van der Waals surface area contributed by atoms with Gasteiger partial charge in [0.05, 0.1) is 0 Å². The van der Waals surface area contributed by atoms with Crippen LogP contribution in [0.1, 0.15) is 26.7 Å². The first-order valence-corrected chi connectivity index (χ1v) is 7.69. The molecule has 5 heteroatoms. The lowest BCUT2D eigenvalue weighted by atomic mass is 9.91. The fraction of sp³-hybridized carbons (Fsp3) is 0.615. The zero-order valence-electron chi connectivity index (χ0n) is 10.8. The fourth-order valence-electron chi connectivity index (χ4n) is 2.40. The summed E-state index contributed by atoms with van der Waals surface area (Å²) in [6, 6.07) is 0. The first kappa shape index (κ1) is 13.5. The molecule has 1 aliphatic carbocycles. The number of allylic oxidation sites excluding steroid dienone is 3. The molecule has 2 unspecified atom stereocenters. The van der Waals surface area contributed by atoms with E-state index in [-0.39, 0.29) is 11.7 Å². The van der Waals surface area contributed by atoms with Gasteiger partial charge < -0.3 is 0 Å². The van der Waals surface area contributed by atoms with Crippen molar-refractivity contribution in [2.24, 2.45) is 5.92 Å². The van der Waals surface area contributed by atoms with E-state index < -0.39 is 14.8 Å². The van der Waals surface area contributed by atoms with Crippen molar-refractivity contribution in [3.63, 3.8) is 0 Å². The quantitative estimate of drug-likeness (QED) is 0.763. The second-order valence-electron chi connectivity index (χ2n) is 5.16. The molecule has 0 aromatic heterocycles. The Morgan fingerprint density at radius 2 is 1.89 bits per heavy atom. The number of hydrogen-bond acceptors (Lipinski definition) is 3. The fourth-order valence-corrected chi connectivity index (χ4v) is 4.41. The van der Waals surface area contributed by atoms with Crippen LogP contribution in [-0.4, -0.2) is 36.3 Å². The summed E-state index contributed by atoms with van der Waals surface area (Å²) in [7, 11) is -3.41. The Balaban J connectivity index is 2.28. The Kier molecular flexibility index (Phi) is 3.47. The van der Waals surface area contributed by atoms with Gasteiger partial charge in [0.15, 0.2) is 0 Å². The Hall–Kier alpha value is -0.940. The topological polar surface area (TPSA) is 54.5 Å². The molecule has 2 atom stereocenters. The smallest absolute Gasteiger partial charge is 0.223 e. The maximum Gasteiger partial charge on any atom is 0.223 e. The molecule has 0 spiro atoms. The molecular weight excluding hydrogens is 250 g/mol. The van der Waals surface area contributed by atoms with Crippen molar-refractivity contribution in [2.75, 3.05) is 13.1 Å². The van der Waals surface area contributed by atoms with Crippen LogP contribution in [0.4, 0.5) is 0 Å². The van der Waals surface area contributed by atoms with Gasteiger partial charge in [-0.05, 0) is 12.8 Å². The summed E-state index contributed by atoms with van der Waals surface area (Å²) in [5.74, 6) is 0.0869.